The summed E-state index contributed by atoms with van der Waals surface area (Å²) in [6, 6.07) is 16.4. The fraction of sp³-hybridized carbons (Fsp3) is 0. The summed E-state index contributed by atoms with van der Waals surface area (Å²) in [5.41, 5.74) is 1.64. The number of allylic oxidation sites excluding steroid dienone is 2. The van der Waals surface area contributed by atoms with E-state index in [2.05, 4.69) is 0 Å². The van der Waals surface area contributed by atoms with E-state index in [1.807, 2.05) is 0 Å². The van der Waals surface area contributed by atoms with Gasteiger partial charge in [0.25, 0.3) is 23.0 Å². The lowest BCUT2D eigenvalue weighted by Crippen LogP contribution is -2.33. The van der Waals surface area contributed by atoms with Crippen molar-refractivity contribution in [3.05, 3.63) is 118 Å². The lowest BCUT2D eigenvalue weighted by Gasteiger charge is -2.00. The van der Waals surface area contributed by atoms with E-state index in [4.69, 9.17) is 0 Å². The lowest BCUT2D eigenvalue weighted by molar-refractivity contribution is -0.607. The van der Waals surface area contributed by atoms with Gasteiger partial charge in [0.05, 0.1) is 0 Å². The van der Waals surface area contributed by atoms with Gasteiger partial charge in [0.1, 0.15) is 0 Å². The van der Waals surface area contributed by atoms with Crippen molar-refractivity contribution in [3.63, 3.8) is 0 Å². The molecule has 28 heavy (non-hydrogen) atoms. The van der Waals surface area contributed by atoms with Crippen LogP contribution in [0.1, 0.15) is 32.1 Å². The second-order valence-electron chi connectivity index (χ2n) is 5.89. The third-order valence-corrected chi connectivity index (χ3v) is 3.94. The van der Waals surface area contributed by atoms with E-state index in [9.17, 15) is 20.0 Å². The summed E-state index contributed by atoms with van der Waals surface area (Å²) in [5.74, 6) is -0.780. The number of carbonyl (C=O) groups excluding carboxylic acids is 2. The number of nitrogens with zero attached hydrogens (tertiary/aromatic N) is 2. The third-order valence-electron chi connectivity index (χ3n) is 3.94. The van der Waals surface area contributed by atoms with Crippen LogP contribution >= 0.6 is 0 Å². The van der Waals surface area contributed by atoms with Crippen molar-refractivity contribution in [1.82, 2.24) is 0 Å². The Morgan fingerprint density at radius 3 is 1.39 bits per heavy atom. The smallest absolute Gasteiger partial charge is 0.264 e. The van der Waals surface area contributed by atoms with Crippen LogP contribution < -0.4 is 9.46 Å². The molecule has 0 radical (unpaired) electrons. The van der Waals surface area contributed by atoms with E-state index in [1.165, 1.54) is 36.7 Å². The number of benzene rings is 1. The maximum Gasteiger partial charge on any atom is 0.264 e. The Morgan fingerprint density at radius 1 is 0.643 bits per heavy atom. The predicted octanol–water partition coefficient (Wildman–Crippen LogP) is 2.75. The van der Waals surface area contributed by atoms with Gasteiger partial charge in [-0.25, -0.2) is 0 Å². The highest BCUT2D eigenvalue weighted by Gasteiger charge is 2.12. The molecule has 0 saturated carbocycles. The minimum absolute atomic E-state index is 0.0494. The predicted molar refractivity (Wildman–Crippen MR) is 104 cm³/mol. The van der Waals surface area contributed by atoms with E-state index in [-0.39, 0.29) is 23.0 Å². The fourth-order valence-electron chi connectivity index (χ4n) is 2.47. The molecule has 0 unspecified atom stereocenters. The molecule has 0 atom stereocenters. The molecule has 0 spiro atoms. The zero-order valence-corrected chi connectivity index (χ0v) is 14.8. The minimum Gasteiger partial charge on any atom is -0.618 e. The molecule has 3 aromatic rings. The molecule has 0 amide bonds. The summed E-state index contributed by atoms with van der Waals surface area (Å²) in [7, 11) is 0. The normalized spacial score (nSPS) is 11.1. The summed E-state index contributed by atoms with van der Waals surface area (Å²) in [5, 5.41) is 23.1. The fourth-order valence-corrected chi connectivity index (χ4v) is 2.47. The zero-order valence-electron chi connectivity index (χ0n) is 14.8. The molecule has 0 aliphatic heterocycles. The summed E-state index contributed by atoms with van der Waals surface area (Å²) in [6.07, 6.45) is 8.43. The summed E-state index contributed by atoms with van der Waals surface area (Å²) >= 11 is 0. The Kier molecular flexibility index (Phi) is 5.72. The molecule has 138 valence electrons. The summed E-state index contributed by atoms with van der Waals surface area (Å²) in [4.78, 5) is 24.1. The Morgan fingerprint density at radius 2 is 1.04 bits per heavy atom. The molecule has 0 aliphatic rings. The first kappa shape index (κ1) is 18.7. The highest BCUT2D eigenvalue weighted by Crippen LogP contribution is 2.09. The maximum atomic E-state index is 12.1. The molecule has 0 N–H and O–H groups in total. The lowest BCUT2D eigenvalue weighted by atomic mass is 10.1. The van der Waals surface area contributed by atoms with Gasteiger partial charge < -0.3 is 10.4 Å². The highest BCUT2D eigenvalue weighted by molar-refractivity contribution is 6.05. The summed E-state index contributed by atoms with van der Waals surface area (Å²) < 4.78 is 1.05. The van der Waals surface area contributed by atoms with E-state index >= 15 is 0 Å². The quantitative estimate of drug-likeness (QED) is 0.288. The largest absolute Gasteiger partial charge is 0.618 e. The molecule has 0 aliphatic carbocycles. The van der Waals surface area contributed by atoms with E-state index in [0.29, 0.717) is 9.46 Å². The highest BCUT2D eigenvalue weighted by atomic mass is 16.5. The number of carbonyl (C=O) groups is 2. The second kappa shape index (κ2) is 8.55. The van der Waals surface area contributed by atoms with Crippen molar-refractivity contribution in [1.29, 1.82) is 0 Å². The van der Waals surface area contributed by atoms with E-state index in [0.717, 1.165) is 11.1 Å². The van der Waals surface area contributed by atoms with E-state index < -0.39 is 0 Å². The number of aromatic nitrogens is 2. The van der Waals surface area contributed by atoms with Crippen molar-refractivity contribution in [3.8, 4) is 0 Å². The monoisotopic (exact) mass is 372 g/mol. The van der Waals surface area contributed by atoms with Crippen molar-refractivity contribution in [2.24, 2.45) is 0 Å². The van der Waals surface area contributed by atoms with Crippen LogP contribution in [-0.2, 0) is 0 Å². The maximum absolute atomic E-state index is 12.1. The SMILES string of the molecule is O=C(/C=C\c1ccc(/C=C/C(=O)c2cccc[n+]2[O-])cc1)c1cccc[n+]1[O-]. The standard InChI is InChI=1S/C22H16N2O4/c25-21(19-5-1-3-15-23(19)27)13-11-17-7-9-18(10-8-17)12-14-22(26)20-6-2-4-16-24(20)28/h1-16H/b13-11-,14-12+. The number of ketones is 2. The molecule has 0 fully saturated rings. The van der Waals surface area contributed by atoms with Crippen LogP contribution in [0.5, 0.6) is 0 Å². The average Bonchev–Trinajstić information content (AvgIpc) is 2.71. The van der Waals surface area contributed by atoms with Gasteiger partial charge in [-0.15, -0.1) is 0 Å². The molecule has 2 heterocycles. The van der Waals surface area contributed by atoms with Crippen LogP contribution in [0.15, 0.2) is 85.2 Å². The Bertz CT molecular complexity index is 983. The number of hydrogen-bond donors (Lipinski definition) is 0. The van der Waals surface area contributed by atoms with Crippen LogP contribution in [0.4, 0.5) is 0 Å². The van der Waals surface area contributed by atoms with Gasteiger partial charge in [-0.3, -0.25) is 9.59 Å². The Balaban J connectivity index is 1.67. The number of pyridine rings is 2. The van der Waals surface area contributed by atoms with Crippen molar-refractivity contribution in [2.75, 3.05) is 0 Å². The van der Waals surface area contributed by atoms with Crippen LogP contribution in [0.3, 0.4) is 0 Å². The minimum atomic E-state index is -0.390. The van der Waals surface area contributed by atoms with Crippen molar-refractivity contribution in [2.45, 2.75) is 0 Å². The van der Waals surface area contributed by atoms with Crippen LogP contribution in [0.2, 0.25) is 0 Å². The average molecular weight is 372 g/mol. The summed E-state index contributed by atoms with van der Waals surface area (Å²) in [6.45, 7) is 0. The van der Waals surface area contributed by atoms with Crippen molar-refractivity contribution >= 4 is 23.7 Å². The first-order chi connectivity index (χ1) is 13.5. The molecule has 2 aromatic heterocycles. The van der Waals surface area contributed by atoms with E-state index in [1.54, 1.807) is 60.7 Å². The van der Waals surface area contributed by atoms with Gasteiger partial charge in [0.2, 0.25) is 0 Å². The van der Waals surface area contributed by atoms with Gasteiger partial charge in [-0.1, -0.05) is 36.4 Å². The number of rotatable bonds is 6. The second-order valence-corrected chi connectivity index (χ2v) is 5.89. The van der Waals surface area contributed by atoms with Gasteiger partial charge in [-0.05, 0) is 35.4 Å². The van der Waals surface area contributed by atoms with Crippen LogP contribution in [-0.4, -0.2) is 11.6 Å². The van der Waals surface area contributed by atoms with Crippen molar-refractivity contribution < 1.29 is 19.0 Å². The molecule has 1 aromatic carbocycles. The zero-order chi connectivity index (χ0) is 19.9. The molecule has 0 bridgehead atoms. The first-order valence-electron chi connectivity index (χ1n) is 8.46. The third kappa shape index (κ3) is 4.56. The van der Waals surface area contributed by atoms with Gasteiger partial charge in [0.15, 0.2) is 12.4 Å². The molecule has 6 heteroatoms. The van der Waals surface area contributed by atoms with Gasteiger partial charge >= 0.3 is 0 Å². The van der Waals surface area contributed by atoms with Crippen LogP contribution in [0, 0.1) is 10.4 Å². The molecule has 0 saturated heterocycles. The first-order valence-corrected chi connectivity index (χ1v) is 8.46. The van der Waals surface area contributed by atoms with Gasteiger partial charge in [0, 0.05) is 24.3 Å². The van der Waals surface area contributed by atoms with Crippen LogP contribution in [0.25, 0.3) is 12.2 Å². The molecular formula is C22H16N2O4. The molecule has 6 nitrogen and oxygen atoms in total. The van der Waals surface area contributed by atoms with Gasteiger partial charge in [-0.2, -0.15) is 9.46 Å². The molecule has 3 rings (SSSR count). The topological polar surface area (TPSA) is 88.0 Å². The number of hydrogen-bond acceptors (Lipinski definition) is 4. The Labute approximate surface area is 161 Å². The molecular weight excluding hydrogens is 356 g/mol. The Hall–Kier alpha value is -4.06.